The lowest BCUT2D eigenvalue weighted by Crippen LogP contribution is -2.42. The standard InChI is InChI=1S/C32H31FN2O4/c1-21(2)32(37)35-17-16-23-10-13-26(18-28(23)30(35)24-6-4-3-5-7-24)38-20-27-14-15-29(39-27)31(36)34-19-22-8-11-25(33)12-9-22/h3-15,18,21,30H,16-17,19-20H2,1-2H3,(H,34,36)/t30-/m1/s1. The Labute approximate surface area is 227 Å². The van der Waals surface area contributed by atoms with Gasteiger partial charge in [-0.3, -0.25) is 9.59 Å². The first-order chi connectivity index (χ1) is 18.9. The molecule has 0 bridgehead atoms. The molecule has 0 saturated carbocycles. The molecule has 3 aromatic carbocycles. The molecule has 0 saturated heterocycles. The molecule has 1 aromatic heterocycles. The number of nitrogens with one attached hydrogen (secondary N) is 1. The number of halogens is 1. The summed E-state index contributed by atoms with van der Waals surface area (Å²) in [7, 11) is 0. The third-order valence-electron chi connectivity index (χ3n) is 6.87. The van der Waals surface area contributed by atoms with Crippen molar-refractivity contribution in [1.29, 1.82) is 0 Å². The van der Waals surface area contributed by atoms with Gasteiger partial charge in [-0.15, -0.1) is 0 Å². The molecule has 4 aromatic rings. The second-order valence-electron chi connectivity index (χ2n) is 9.97. The number of benzene rings is 3. The van der Waals surface area contributed by atoms with Crippen LogP contribution >= 0.6 is 0 Å². The van der Waals surface area contributed by atoms with Gasteiger partial charge in [0.25, 0.3) is 5.91 Å². The number of carbonyl (C=O) groups is 2. The molecule has 2 heterocycles. The highest BCUT2D eigenvalue weighted by molar-refractivity contribution is 5.91. The number of fused-ring (bicyclic) bond motifs is 1. The van der Waals surface area contributed by atoms with Gasteiger partial charge in [-0.1, -0.05) is 62.4 Å². The van der Waals surface area contributed by atoms with Gasteiger partial charge in [0.15, 0.2) is 5.76 Å². The summed E-state index contributed by atoms with van der Waals surface area (Å²) in [6.45, 7) is 4.94. The molecular weight excluding hydrogens is 495 g/mol. The van der Waals surface area contributed by atoms with Crippen molar-refractivity contribution in [3.05, 3.63) is 125 Å². The quantitative estimate of drug-likeness (QED) is 0.303. The minimum Gasteiger partial charge on any atom is -0.486 e. The monoisotopic (exact) mass is 526 g/mol. The Hall–Kier alpha value is -4.39. The van der Waals surface area contributed by atoms with Crippen molar-refractivity contribution in [2.24, 2.45) is 5.92 Å². The van der Waals surface area contributed by atoms with E-state index < -0.39 is 0 Å². The van der Waals surface area contributed by atoms with Crippen molar-refractivity contribution in [2.75, 3.05) is 6.54 Å². The van der Waals surface area contributed by atoms with E-state index in [0.29, 0.717) is 18.1 Å². The maximum absolute atomic E-state index is 13.1. The van der Waals surface area contributed by atoms with Gasteiger partial charge in [0, 0.05) is 19.0 Å². The van der Waals surface area contributed by atoms with E-state index in [1.165, 1.54) is 17.7 Å². The SMILES string of the molecule is CC(C)C(=O)N1CCc2ccc(OCc3ccc(C(=O)NCc4ccc(F)cc4)o3)cc2[C@H]1c1ccccc1. The fourth-order valence-electron chi connectivity index (χ4n) is 4.85. The molecule has 1 aliphatic rings. The van der Waals surface area contributed by atoms with Gasteiger partial charge in [0.05, 0.1) is 6.04 Å². The lowest BCUT2D eigenvalue weighted by Gasteiger charge is -2.39. The van der Waals surface area contributed by atoms with Crippen molar-refractivity contribution >= 4 is 11.8 Å². The predicted molar refractivity (Wildman–Crippen MR) is 146 cm³/mol. The van der Waals surface area contributed by atoms with E-state index >= 15 is 0 Å². The molecule has 0 radical (unpaired) electrons. The van der Waals surface area contributed by atoms with Crippen LogP contribution in [0.1, 0.15) is 58.5 Å². The second-order valence-corrected chi connectivity index (χ2v) is 9.97. The highest BCUT2D eigenvalue weighted by atomic mass is 19.1. The summed E-state index contributed by atoms with van der Waals surface area (Å²) in [5.41, 5.74) is 4.10. The Balaban J connectivity index is 1.28. The molecule has 0 aliphatic carbocycles. The van der Waals surface area contributed by atoms with Crippen LogP contribution in [-0.4, -0.2) is 23.3 Å². The molecule has 1 N–H and O–H groups in total. The molecule has 200 valence electrons. The third-order valence-corrected chi connectivity index (χ3v) is 6.87. The smallest absolute Gasteiger partial charge is 0.287 e. The van der Waals surface area contributed by atoms with Gasteiger partial charge in [-0.2, -0.15) is 0 Å². The van der Waals surface area contributed by atoms with Crippen LogP contribution in [-0.2, 0) is 24.4 Å². The predicted octanol–water partition coefficient (Wildman–Crippen LogP) is 6.06. The third kappa shape index (κ3) is 6.03. The van der Waals surface area contributed by atoms with Crippen LogP contribution in [0.3, 0.4) is 0 Å². The number of nitrogens with zero attached hydrogens (tertiary/aromatic N) is 1. The van der Waals surface area contributed by atoms with E-state index in [-0.39, 0.29) is 48.5 Å². The van der Waals surface area contributed by atoms with Gasteiger partial charge in [-0.05, 0) is 65.1 Å². The maximum Gasteiger partial charge on any atom is 0.287 e. The number of carbonyl (C=O) groups excluding carboxylic acids is 2. The van der Waals surface area contributed by atoms with Gasteiger partial charge < -0.3 is 19.4 Å². The minimum absolute atomic E-state index is 0.0989. The van der Waals surface area contributed by atoms with Crippen molar-refractivity contribution < 1.29 is 23.1 Å². The molecular formula is C32H31FN2O4. The Morgan fingerprint density at radius 2 is 1.79 bits per heavy atom. The molecule has 0 spiro atoms. The molecule has 39 heavy (non-hydrogen) atoms. The molecule has 6 nitrogen and oxygen atoms in total. The van der Waals surface area contributed by atoms with E-state index in [2.05, 4.69) is 23.5 Å². The van der Waals surface area contributed by atoms with Gasteiger partial charge in [0.2, 0.25) is 5.91 Å². The largest absolute Gasteiger partial charge is 0.486 e. The summed E-state index contributed by atoms with van der Waals surface area (Å²) in [4.78, 5) is 27.6. The second kappa shape index (κ2) is 11.6. The molecule has 7 heteroatoms. The van der Waals surface area contributed by atoms with E-state index in [4.69, 9.17) is 9.15 Å². The van der Waals surface area contributed by atoms with Crippen molar-refractivity contribution in [2.45, 2.75) is 39.5 Å². The Kier molecular flexibility index (Phi) is 7.77. The molecule has 2 amide bonds. The Morgan fingerprint density at radius 1 is 1.03 bits per heavy atom. The number of hydrogen-bond donors (Lipinski definition) is 1. The number of hydrogen-bond acceptors (Lipinski definition) is 4. The van der Waals surface area contributed by atoms with Crippen LogP contribution in [0, 0.1) is 11.7 Å². The number of rotatable bonds is 8. The summed E-state index contributed by atoms with van der Waals surface area (Å²) in [5, 5.41) is 2.77. The van der Waals surface area contributed by atoms with Crippen LogP contribution in [0.15, 0.2) is 89.3 Å². The Morgan fingerprint density at radius 3 is 2.54 bits per heavy atom. The highest BCUT2D eigenvalue weighted by Gasteiger charge is 2.33. The molecule has 5 rings (SSSR count). The van der Waals surface area contributed by atoms with Gasteiger partial charge in [0.1, 0.15) is 23.9 Å². The fraction of sp³-hybridized carbons (Fsp3) is 0.250. The average molecular weight is 527 g/mol. The lowest BCUT2D eigenvalue weighted by molar-refractivity contribution is -0.136. The van der Waals surface area contributed by atoms with Crippen LogP contribution < -0.4 is 10.1 Å². The van der Waals surface area contributed by atoms with Crippen LogP contribution in [0.5, 0.6) is 5.75 Å². The molecule has 0 fully saturated rings. The van der Waals surface area contributed by atoms with Crippen molar-refractivity contribution in [3.63, 3.8) is 0 Å². The fourth-order valence-corrected chi connectivity index (χ4v) is 4.85. The summed E-state index contributed by atoms with van der Waals surface area (Å²) in [5.74, 6) is 0.688. The van der Waals surface area contributed by atoms with Crippen LogP contribution in [0.25, 0.3) is 0 Å². The first-order valence-corrected chi connectivity index (χ1v) is 13.1. The number of furan rings is 1. The highest BCUT2D eigenvalue weighted by Crippen LogP contribution is 2.38. The molecule has 1 aliphatic heterocycles. The first-order valence-electron chi connectivity index (χ1n) is 13.1. The zero-order valence-electron chi connectivity index (χ0n) is 22.0. The van der Waals surface area contributed by atoms with Crippen LogP contribution in [0.4, 0.5) is 4.39 Å². The zero-order chi connectivity index (χ0) is 27.4. The summed E-state index contributed by atoms with van der Waals surface area (Å²) >= 11 is 0. The van der Waals surface area contributed by atoms with E-state index in [1.54, 1.807) is 24.3 Å². The average Bonchev–Trinajstić information content (AvgIpc) is 3.44. The number of amides is 2. The first kappa shape index (κ1) is 26.2. The van der Waals surface area contributed by atoms with Crippen LogP contribution in [0.2, 0.25) is 0 Å². The van der Waals surface area contributed by atoms with E-state index in [9.17, 15) is 14.0 Å². The topological polar surface area (TPSA) is 71.8 Å². The minimum atomic E-state index is -0.361. The summed E-state index contributed by atoms with van der Waals surface area (Å²) in [6, 6.07) is 25.1. The normalized spacial score (nSPS) is 14.7. The Bertz CT molecular complexity index is 1450. The maximum atomic E-state index is 13.1. The van der Waals surface area contributed by atoms with Gasteiger partial charge in [-0.25, -0.2) is 4.39 Å². The van der Waals surface area contributed by atoms with E-state index in [1.807, 2.05) is 49.1 Å². The number of ether oxygens (including phenoxy) is 1. The van der Waals surface area contributed by atoms with Gasteiger partial charge >= 0.3 is 0 Å². The molecule has 1 atom stereocenters. The zero-order valence-corrected chi connectivity index (χ0v) is 22.0. The van der Waals surface area contributed by atoms with Crippen molar-refractivity contribution in [3.8, 4) is 5.75 Å². The molecule has 0 unspecified atom stereocenters. The van der Waals surface area contributed by atoms with Crippen molar-refractivity contribution in [1.82, 2.24) is 10.2 Å². The summed E-state index contributed by atoms with van der Waals surface area (Å²) < 4.78 is 24.8. The lowest BCUT2D eigenvalue weighted by atomic mass is 9.87. The van der Waals surface area contributed by atoms with E-state index in [0.717, 1.165) is 23.1 Å². The summed E-state index contributed by atoms with van der Waals surface area (Å²) in [6.07, 6.45) is 0.784.